The molecule has 0 bridgehead atoms. The smallest absolute Gasteiger partial charge is 0.326 e. The quantitative estimate of drug-likeness (QED) is 0.0460. The van der Waals surface area contributed by atoms with Crippen molar-refractivity contribution in [1.82, 2.24) is 46.5 Å². The van der Waals surface area contributed by atoms with E-state index in [0.29, 0.717) is 49.4 Å². The number of aromatic hydroxyl groups is 1. The summed E-state index contributed by atoms with van der Waals surface area (Å²) >= 11 is 1.87. The van der Waals surface area contributed by atoms with E-state index in [0.717, 1.165) is 25.0 Å². The van der Waals surface area contributed by atoms with E-state index >= 15 is 0 Å². The summed E-state index contributed by atoms with van der Waals surface area (Å²) in [5, 5.41) is 37.0. The van der Waals surface area contributed by atoms with Gasteiger partial charge >= 0.3 is 12.0 Å². The average molecular weight is 798 g/mol. The number of carboxylic acid groups (broad SMARTS) is 1. The van der Waals surface area contributed by atoms with Gasteiger partial charge < -0.3 is 57.3 Å². The number of aliphatic carboxylic acids is 1. The number of urea groups is 1. The number of fused-ring (bicyclic) bond motifs is 2. The van der Waals surface area contributed by atoms with E-state index in [4.69, 9.17) is 15.2 Å². The van der Waals surface area contributed by atoms with Crippen molar-refractivity contribution in [3.63, 3.8) is 0 Å². The Labute approximate surface area is 326 Å². The monoisotopic (exact) mass is 797 g/mol. The number of nitrogens with two attached hydrogens (primary N) is 1. The first-order valence-electron chi connectivity index (χ1n) is 18.3. The largest absolute Gasteiger partial charge is 0.492 e. The molecule has 20 nitrogen and oxygen atoms in total. The van der Waals surface area contributed by atoms with Crippen LogP contribution in [0.1, 0.15) is 54.6 Å². The minimum Gasteiger partial charge on any atom is -0.492 e. The third kappa shape index (κ3) is 12.8. The lowest BCUT2D eigenvalue weighted by molar-refractivity contribution is -0.139. The van der Waals surface area contributed by atoms with E-state index in [-0.39, 0.29) is 91.0 Å². The van der Waals surface area contributed by atoms with Gasteiger partial charge in [-0.2, -0.15) is 21.7 Å². The maximum atomic E-state index is 12.8. The number of rotatable bonds is 23. The summed E-state index contributed by atoms with van der Waals surface area (Å²) in [4.78, 5) is 76.4. The van der Waals surface area contributed by atoms with Gasteiger partial charge in [0.2, 0.25) is 23.6 Å². The maximum Gasteiger partial charge on any atom is 0.326 e. The standard InChI is InChI=1S/C35H47N11O9S/c36-34-45-30-29(32(50)46-34)41-22(18-40-30)17-39-21-7-5-20(6-8-21)31(49)42-23(33(51)52)9-10-27(48)38-12-14-55-16-15-54-13-11-37-26(47)4-2-1-3-25-28-24(19-56-25)43-35(53)44-28/h5-8,18,23-25,28,39H,1-4,9-17,19H2,(H,37,47)(H,38,48)(H,42,49)(H,51,52)(H2,43,44,53)(H3,36,40,45,46,50)/t23-,24?,25-,28?/m0/s1. The van der Waals surface area contributed by atoms with Crippen LogP contribution in [0, 0.1) is 0 Å². The van der Waals surface area contributed by atoms with Gasteiger partial charge in [0.15, 0.2) is 11.2 Å². The Bertz CT molecular complexity index is 1840. The van der Waals surface area contributed by atoms with E-state index < -0.39 is 17.9 Å². The third-order valence-electron chi connectivity index (χ3n) is 8.93. The molecule has 0 spiro atoms. The number of hydrogen-bond acceptors (Lipinski definition) is 15. The number of carbonyl (C=O) groups is 5. The zero-order valence-corrected chi connectivity index (χ0v) is 31.4. The number of benzene rings is 1. The highest BCUT2D eigenvalue weighted by atomic mass is 32.2. The van der Waals surface area contributed by atoms with Gasteiger partial charge in [-0.05, 0) is 43.5 Å². The number of ether oxygens (including phenoxy) is 2. The molecule has 3 aromatic rings. The van der Waals surface area contributed by atoms with Crippen molar-refractivity contribution in [2.45, 2.75) is 68.4 Å². The fourth-order valence-corrected chi connectivity index (χ4v) is 7.58. The van der Waals surface area contributed by atoms with Crippen LogP contribution in [0.15, 0.2) is 30.5 Å². The first-order chi connectivity index (χ1) is 27.0. The van der Waals surface area contributed by atoms with E-state index in [9.17, 15) is 34.2 Å². The summed E-state index contributed by atoms with van der Waals surface area (Å²) in [5.74, 6) is -1.86. The Kier molecular flexibility index (Phi) is 15.6. The Morgan fingerprint density at radius 2 is 1.66 bits per heavy atom. The van der Waals surface area contributed by atoms with Gasteiger partial charge in [0.1, 0.15) is 6.04 Å². The SMILES string of the molecule is Nc1nc(O)c2nc(CNc3ccc(C(=O)N[C@@H](CCC(=O)NCCOCCOCCNC(=O)CCCC[C@@H]4SCC5NC(=O)NC54)C(=O)O)cc3)cnc2n1. The fourth-order valence-electron chi connectivity index (χ4n) is 6.04. The van der Waals surface area contributed by atoms with E-state index in [1.165, 1.54) is 18.3 Å². The summed E-state index contributed by atoms with van der Waals surface area (Å²) in [6.45, 7) is 2.01. The minimum absolute atomic E-state index is 0.0246. The van der Waals surface area contributed by atoms with Crippen LogP contribution in [0.25, 0.3) is 11.2 Å². The highest BCUT2D eigenvalue weighted by molar-refractivity contribution is 8.00. The van der Waals surface area contributed by atoms with Crippen molar-refractivity contribution >= 4 is 64.3 Å². The van der Waals surface area contributed by atoms with Crippen molar-refractivity contribution in [3.05, 3.63) is 41.7 Å². The number of carbonyl (C=O) groups excluding carboxylic acids is 4. The molecule has 2 saturated heterocycles. The number of anilines is 2. The van der Waals surface area contributed by atoms with Gasteiger partial charge in [0.05, 0.1) is 56.9 Å². The molecule has 2 fully saturated rings. The molecule has 2 aliphatic heterocycles. The molecule has 0 saturated carbocycles. The van der Waals surface area contributed by atoms with Gasteiger partial charge in [-0.3, -0.25) is 14.4 Å². The molecule has 5 rings (SSSR count). The molecule has 10 N–H and O–H groups in total. The lowest BCUT2D eigenvalue weighted by Gasteiger charge is -2.16. The van der Waals surface area contributed by atoms with E-state index in [1.54, 1.807) is 12.1 Å². The third-order valence-corrected chi connectivity index (χ3v) is 10.4. The molecule has 2 aromatic heterocycles. The van der Waals surface area contributed by atoms with Crippen LogP contribution in [0.5, 0.6) is 5.88 Å². The molecule has 0 radical (unpaired) electrons. The van der Waals surface area contributed by atoms with Crippen LogP contribution < -0.4 is 37.6 Å². The number of aromatic nitrogens is 4. The second-order valence-corrected chi connectivity index (χ2v) is 14.3. The Morgan fingerprint density at radius 1 is 0.946 bits per heavy atom. The molecule has 56 heavy (non-hydrogen) atoms. The minimum atomic E-state index is -1.28. The van der Waals surface area contributed by atoms with Crippen molar-refractivity contribution in [2.24, 2.45) is 0 Å². The lowest BCUT2D eigenvalue weighted by atomic mass is 10.0. The fraction of sp³-hybridized carbons (Fsp3) is 0.514. The number of nitrogens with zero attached hydrogens (tertiary/aromatic N) is 4. The summed E-state index contributed by atoms with van der Waals surface area (Å²) in [6, 6.07) is 5.33. The van der Waals surface area contributed by atoms with Crippen LogP contribution >= 0.6 is 11.8 Å². The van der Waals surface area contributed by atoms with E-state index in [1.807, 2.05) is 11.8 Å². The number of carboxylic acids is 1. The number of nitrogens with one attached hydrogen (secondary N) is 6. The summed E-state index contributed by atoms with van der Waals surface area (Å²) in [7, 11) is 0. The van der Waals surface area contributed by atoms with E-state index in [2.05, 4.69) is 51.8 Å². The summed E-state index contributed by atoms with van der Waals surface area (Å²) in [6.07, 6.45) is 4.35. The van der Waals surface area contributed by atoms with Crippen molar-refractivity contribution in [1.29, 1.82) is 0 Å². The summed E-state index contributed by atoms with van der Waals surface area (Å²) in [5.41, 5.74) is 7.13. The zero-order valence-electron chi connectivity index (χ0n) is 30.6. The first kappa shape index (κ1) is 41.6. The molecule has 2 aliphatic rings. The molecule has 0 aliphatic carbocycles. The van der Waals surface area contributed by atoms with Crippen molar-refractivity contribution in [3.8, 4) is 5.88 Å². The van der Waals surface area contributed by atoms with Crippen molar-refractivity contribution < 1.29 is 43.7 Å². The number of amides is 5. The van der Waals surface area contributed by atoms with Gasteiger partial charge in [-0.1, -0.05) is 6.42 Å². The normalized spacial score (nSPS) is 17.7. The van der Waals surface area contributed by atoms with Gasteiger partial charge in [0, 0.05) is 48.2 Å². The van der Waals surface area contributed by atoms with Crippen LogP contribution in [0.3, 0.4) is 0 Å². The molecule has 2 unspecified atom stereocenters. The highest BCUT2D eigenvalue weighted by Crippen LogP contribution is 2.33. The Hall–Kier alpha value is -5.54. The molecule has 302 valence electrons. The van der Waals surface area contributed by atoms with Crippen LogP contribution in [-0.4, -0.2) is 129 Å². The van der Waals surface area contributed by atoms with Crippen LogP contribution in [0.2, 0.25) is 0 Å². The topological polar surface area (TPSA) is 294 Å². The molecule has 5 amide bonds. The molecule has 1 aromatic carbocycles. The molecule has 4 atom stereocenters. The number of thioether (sulfide) groups is 1. The predicted molar refractivity (Wildman–Crippen MR) is 205 cm³/mol. The second kappa shape index (κ2) is 20.9. The molecular formula is C35H47N11O9S. The first-order valence-corrected chi connectivity index (χ1v) is 19.3. The van der Waals surface area contributed by atoms with Crippen molar-refractivity contribution in [2.75, 3.05) is 56.3 Å². The lowest BCUT2D eigenvalue weighted by Crippen LogP contribution is -2.41. The highest BCUT2D eigenvalue weighted by Gasteiger charge is 2.42. The van der Waals surface area contributed by atoms with Gasteiger partial charge in [-0.15, -0.1) is 0 Å². The predicted octanol–water partition coefficient (Wildman–Crippen LogP) is 0.274. The summed E-state index contributed by atoms with van der Waals surface area (Å²) < 4.78 is 10.9. The second-order valence-electron chi connectivity index (χ2n) is 13.1. The van der Waals surface area contributed by atoms with Gasteiger partial charge in [0.25, 0.3) is 5.91 Å². The number of unbranched alkanes of at least 4 members (excludes halogenated alkanes) is 1. The number of hydrogen-bond donors (Lipinski definition) is 9. The van der Waals surface area contributed by atoms with Gasteiger partial charge in [-0.25, -0.2) is 19.6 Å². The van der Waals surface area contributed by atoms with Crippen LogP contribution in [-0.2, 0) is 30.4 Å². The number of nitrogen functional groups attached to an aromatic ring is 1. The van der Waals surface area contributed by atoms with Crippen LogP contribution in [0.4, 0.5) is 16.4 Å². The molecule has 21 heteroatoms. The Morgan fingerprint density at radius 3 is 2.38 bits per heavy atom. The average Bonchev–Trinajstić information content (AvgIpc) is 3.73. The zero-order chi connectivity index (χ0) is 39.9. The maximum absolute atomic E-state index is 12.8. The molecule has 4 heterocycles. The molecular weight excluding hydrogens is 751 g/mol. The Balaban J connectivity index is 0.862.